The summed E-state index contributed by atoms with van der Waals surface area (Å²) in [5, 5.41) is 10.8. The normalized spacial score (nSPS) is 14.6. The number of aryl methyl sites for hydroxylation is 2. The molecule has 0 radical (unpaired) electrons. The molecule has 3 aromatic rings. The van der Waals surface area contributed by atoms with Crippen LogP contribution in [-0.4, -0.2) is 27.2 Å². The highest BCUT2D eigenvalue weighted by Crippen LogP contribution is 2.39. The summed E-state index contributed by atoms with van der Waals surface area (Å²) in [6, 6.07) is 13.8. The zero-order valence-corrected chi connectivity index (χ0v) is 20.1. The second kappa shape index (κ2) is 9.62. The van der Waals surface area contributed by atoms with Gasteiger partial charge in [0.15, 0.2) is 15.8 Å². The summed E-state index contributed by atoms with van der Waals surface area (Å²) in [6.07, 6.45) is 2.87. The SMILES string of the molecule is COc1cc(/C=C2\SC(=S)N(c3ccc(C)cc3C)C2=O)ccc1Oc1ccc([N+](=O)[O-])cn1. The number of rotatable bonds is 6. The van der Waals surface area contributed by atoms with E-state index in [2.05, 4.69) is 4.98 Å². The number of nitrogens with zero attached hydrogens (tertiary/aromatic N) is 3. The maximum absolute atomic E-state index is 13.1. The van der Waals surface area contributed by atoms with Crippen LogP contribution < -0.4 is 14.4 Å². The lowest BCUT2D eigenvalue weighted by atomic mass is 10.1. The summed E-state index contributed by atoms with van der Waals surface area (Å²) in [4.78, 5) is 29.4. The van der Waals surface area contributed by atoms with Gasteiger partial charge in [0.2, 0.25) is 5.88 Å². The van der Waals surface area contributed by atoms with Gasteiger partial charge < -0.3 is 9.47 Å². The molecule has 1 aromatic heterocycles. The van der Waals surface area contributed by atoms with Gasteiger partial charge in [-0.1, -0.05) is 47.7 Å². The Kier molecular flexibility index (Phi) is 6.62. The predicted molar refractivity (Wildman–Crippen MR) is 136 cm³/mol. The standard InChI is InChI=1S/C24H19N3O5S2/c1-14-4-7-18(15(2)10-14)26-23(28)21(34-24(26)33)12-16-5-8-19(20(11-16)31-3)32-22-9-6-17(13-25-22)27(29)30/h4-13H,1-3H3/b21-12-. The Bertz CT molecular complexity index is 1340. The van der Waals surface area contributed by atoms with Gasteiger partial charge in [-0.2, -0.15) is 0 Å². The lowest BCUT2D eigenvalue weighted by molar-refractivity contribution is -0.385. The van der Waals surface area contributed by atoms with Crippen molar-refractivity contribution in [1.82, 2.24) is 4.98 Å². The second-order valence-corrected chi connectivity index (χ2v) is 9.11. The minimum absolute atomic E-state index is 0.132. The van der Waals surface area contributed by atoms with Crippen LogP contribution in [0.3, 0.4) is 0 Å². The quantitative estimate of drug-likeness (QED) is 0.184. The molecule has 172 valence electrons. The van der Waals surface area contributed by atoms with Crippen molar-refractivity contribution in [1.29, 1.82) is 0 Å². The molecule has 34 heavy (non-hydrogen) atoms. The van der Waals surface area contributed by atoms with E-state index in [1.165, 1.54) is 31.0 Å². The van der Waals surface area contributed by atoms with E-state index in [1.54, 1.807) is 29.2 Å². The molecule has 0 spiro atoms. The first-order chi connectivity index (χ1) is 16.3. The van der Waals surface area contributed by atoms with Gasteiger partial charge in [-0.15, -0.1) is 0 Å². The van der Waals surface area contributed by atoms with E-state index in [-0.39, 0.29) is 17.5 Å². The molecule has 1 amide bonds. The molecule has 4 rings (SSSR count). The van der Waals surface area contributed by atoms with Crippen molar-refractivity contribution in [2.45, 2.75) is 13.8 Å². The van der Waals surface area contributed by atoms with Crippen LogP contribution in [0, 0.1) is 24.0 Å². The minimum atomic E-state index is -0.533. The number of amides is 1. The molecule has 1 aliphatic rings. The number of carbonyl (C=O) groups is 1. The molecule has 0 atom stereocenters. The minimum Gasteiger partial charge on any atom is -0.493 e. The zero-order chi connectivity index (χ0) is 24.4. The average molecular weight is 494 g/mol. The monoisotopic (exact) mass is 493 g/mol. The van der Waals surface area contributed by atoms with Crippen LogP contribution in [0.25, 0.3) is 6.08 Å². The Balaban J connectivity index is 1.57. The van der Waals surface area contributed by atoms with E-state index >= 15 is 0 Å². The molecule has 10 heteroatoms. The Labute approximate surface area is 205 Å². The van der Waals surface area contributed by atoms with Gasteiger partial charge in [0.25, 0.3) is 11.6 Å². The van der Waals surface area contributed by atoms with Crippen LogP contribution in [0.5, 0.6) is 17.4 Å². The summed E-state index contributed by atoms with van der Waals surface area (Å²) in [5.74, 6) is 0.796. The number of anilines is 1. The number of hydrogen-bond donors (Lipinski definition) is 0. The molecule has 0 saturated carbocycles. The van der Waals surface area contributed by atoms with Gasteiger partial charge >= 0.3 is 0 Å². The van der Waals surface area contributed by atoms with Crippen molar-refractivity contribution < 1.29 is 19.2 Å². The van der Waals surface area contributed by atoms with Gasteiger partial charge in [-0.05, 0) is 49.2 Å². The number of thiocarbonyl (C=S) groups is 1. The Hall–Kier alpha value is -3.76. The first-order valence-corrected chi connectivity index (χ1v) is 11.3. The summed E-state index contributed by atoms with van der Waals surface area (Å²) in [7, 11) is 1.49. The number of nitro groups is 1. The fourth-order valence-electron chi connectivity index (χ4n) is 3.39. The Morgan fingerprint density at radius 2 is 1.91 bits per heavy atom. The fourth-order valence-corrected chi connectivity index (χ4v) is 4.68. The van der Waals surface area contributed by atoms with E-state index in [0.29, 0.717) is 20.7 Å². The fraction of sp³-hybridized carbons (Fsp3) is 0.125. The third kappa shape index (κ3) is 4.78. The highest BCUT2D eigenvalue weighted by atomic mass is 32.2. The molecule has 0 N–H and O–H groups in total. The van der Waals surface area contributed by atoms with Crippen molar-refractivity contribution in [3.63, 3.8) is 0 Å². The maximum Gasteiger partial charge on any atom is 0.287 e. The average Bonchev–Trinajstić information content (AvgIpc) is 3.08. The smallest absolute Gasteiger partial charge is 0.287 e. The Morgan fingerprint density at radius 1 is 1.12 bits per heavy atom. The van der Waals surface area contributed by atoms with Gasteiger partial charge in [-0.3, -0.25) is 19.8 Å². The number of hydrogen-bond acceptors (Lipinski definition) is 8. The number of carbonyl (C=O) groups excluding carboxylic acids is 1. The largest absolute Gasteiger partial charge is 0.493 e. The lowest BCUT2D eigenvalue weighted by Crippen LogP contribution is -2.28. The van der Waals surface area contributed by atoms with E-state index < -0.39 is 4.92 Å². The molecule has 8 nitrogen and oxygen atoms in total. The molecule has 2 aromatic carbocycles. The predicted octanol–water partition coefficient (Wildman–Crippen LogP) is 5.81. The maximum atomic E-state index is 13.1. The Morgan fingerprint density at radius 3 is 2.56 bits per heavy atom. The lowest BCUT2D eigenvalue weighted by Gasteiger charge is -2.17. The van der Waals surface area contributed by atoms with E-state index in [9.17, 15) is 14.9 Å². The topological polar surface area (TPSA) is 94.8 Å². The van der Waals surface area contributed by atoms with Gasteiger partial charge in [-0.25, -0.2) is 4.98 Å². The van der Waals surface area contributed by atoms with Crippen molar-refractivity contribution in [2.24, 2.45) is 0 Å². The zero-order valence-electron chi connectivity index (χ0n) is 18.5. The number of pyridine rings is 1. The molecular formula is C24H19N3O5S2. The second-order valence-electron chi connectivity index (χ2n) is 7.43. The van der Waals surface area contributed by atoms with Crippen LogP contribution in [-0.2, 0) is 4.79 Å². The first kappa shape index (κ1) is 23.4. The summed E-state index contributed by atoms with van der Waals surface area (Å²) in [5.41, 5.74) is 3.45. The first-order valence-electron chi connectivity index (χ1n) is 10.1. The van der Waals surface area contributed by atoms with Crippen molar-refractivity contribution in [2.75, 3.05) is 12.0 Å². The van der Waals surface area contributed by atoms with Crippen LogP contribution in [0.2, 0.25) is 0 Å². The molecule has 1 saturated heterocycles. The van der Waals surface area contributed by atoms with E-state index in [4.69, 9.17) is 21.7 Å². The van der Waals surface area contributed by atoms with Crippen LogP contribution in [0.4, 0.5) is 11.4 Å². The third-order valence-electron chi connectivity index (χ3n) is 5.02. The van der Waals surface area contributed by atoms with Gasteiger partial charge in [0.1, 0.15) is 6.20 Å². The molecule has 1 fully saturated rings. The molecule has 0 bridgehead atoms. The summed E-state index contributed by atoms with van der Waals surface area (Å²) < 4.78 is 11.6. The van der Waals surface area contributed by atoms with Crippen LogP contribution in [0.1, 0.15) is 16.7 Å². The van der Waals surface area contributed by atoms with Crippen molar-refractivity contribution in [3.8, 4) is 17.4 Å². The number of methoxy groups -OCH3 is 1. The summed E-state index contributed by atoms with van der Waals surface area (Å²) >= 11 is 6.73. The highest BCUT2D eigenvalue weighted by Gasteiger charge is 2.34. The van der Waals surface area contributed by atoms with Crippen LogP contribution >= 0.6 is 24.0 Å². The molecule has 0 unspecified atom stereocenters. The summed E-state index contributed by atoms with van der Waals surface area (Å²) in [6.45, 7) is 3.95. The number of benzene rings is 2. The van der Waals surface area contributed by atoms with E-state index in [1.807, 2.05) is 32.0 Å². The van der Waals surface area contributed by atoms with Crippen molar-refractivity contribution in [3.05, 3.63) is 86.4 Å². The number of aromatic nitrogens is 1. The molecule has 1 aliphatic heterocycles. The van der Waals surface area contributed by atoms with Crippen LogP contribution in [0.15, 0.2) is 59.6 Å². The number of ether oxygens (including phenoxy) is 2. The molecular weight excluding hydrogens is 474 g/mol. The molecule has 0 aliphatic carbocycles. The van der Waals surface area contributed by atoms with E-state index in [0.717, 1.165) is 28.6 Å². The number of thioether (sulfide) groups is 1. The van der Waals surface area contributed by atoms with Crippen molar-refractivity contribution >= 4 is 51.7 Å². The van der Waals surface area contributed by atoms with Gasteiger partial charge in [0.05, 0.1) is 22.6 Å². The van der Waals surface area contributed by atoms with Gasteiger partial charge in [0, 0.05) is 12.1 Å². The molecule has 2 heterocycles. The third-order valence-corrected chi connectivity index (χ3v) is 6.32. The highest BCUT2D eigenvalue weighted by molar-refractivity contribution is 8.27.